The van der Waals surface area contributed by atoms with Crippen LogP contribution in [-0.4, -0.2) is 39.5 Å². The minimum atomic E-state index is -3.49. The Morgan fingerprint density at radius 3 is 2.53 bits per heavy atom. The summed E-state index contributed by atoms with van der Waals surface area (Å²) in [7, 11) is -1.52. The van der Waals surface area contributed by atoms with Crippen LogP contribution in [0.5, 0.6) is 0 Å². The first kappa shape index (κ1) is 17.1. The highest BCUT2D eigenvalue weighted by molar-refractivity contribution is 9.11. The van der Waals surface area contributed by atoms with Gasteiger partial charge in [0.05, 0.1) is 4.90 Å². The van der Waals surface area contributed by atoms with Gasteiger partial charge in [-0.3, -0.25) is 0 Å². The molecule has 0 aliphatic heterocycles. The molecule has 0 spiro atoms. The SMILES string of the molecule is CC(C)N(C)CCNS(=O)(=O)c1cc(Br)ccc1Br. The quantitative estimate of drug-likeness (QED) is 0.779. The molecule has 1 rings (SSSR count). The molecule has 1 aromatic rings. The standard InChI is InChI=1S/C12H18Br2N2O2S/c1-9(2)16(3)7-6-15-19(17,18)12-8-10(13)4-5-11(12)14/h4-5,8-9,15H,6-7H2,1-3H3. The molecule has 0 atom stereocenters. The van der Waals surface area contributed by atoms with Gasteiger partial charge in [0.15, 0.2) is 0 Å². The predicted molar refractivity (Wildman–Crippen MR) is 84.8 cm³/mol. The summed E-state index contributed by atoms with van der Waals surface area (Å²) in [5, 5.41) is 0. The maximum absolute atomic E-state index is 12.2. The van der Waals surface area contributed by atoms with Gasteiger partial charge >= 0.3 is 0 Å². The highest BCUT2D eigenvalue weighted by Gasteiger charge is 2.17. The second kappa shape index (κ2) is 7.17. The second-order valence-electron chi connectivity index (χ2n) is 4.55. The topological polar surface area (TPSA) is 49.4 Å². The second-order valence-corrected chi connectivity index (χ2v) is 8.05. The first-order valence-corrected chi connectivity index (χ1v) is 8.96. The van der Waals surface area contributed by atoms with Gasteiger partial charge < -0.3 is 4.90 Å². The fourth-order valence-electron chi connectivity index (χ4n) is 1.38. The molecule has 0 radical (unpaired) electrons. The normalized spacial score (nSPS) is 12.4. The maximum atomic E-state index is 12.2. The first-order valence-electron chi connectivity index (χ1n) is 5.89. The number of rotatable bonds is 6. The lowest BCUT2D eigenvalue weighted by molar-refractivity contribution is 0.278. The van der Waals surface area contributed by atoms with E-state index in [-0.39, 0.29) is 4.90 Å². The summed E-state index contributed by atoms with van der Waals surface area (Å²) in [6, 6.07) is 5.47. The van der Waals surface area contributed by atoms with Crippen LogP contribution in [0, 0.1) is 0 Å². The van der Waals surface area contributed by atoms with E-state index in [1.807, 2.05) is 7.05 Å². The van der Waals surface area contributed by atoms with Crippen molar-refractivity contribution in [1.29, 1.82) is 0 Å². The number of likely N-dealkylation sites (N-methyl/N-ethyl adjacent to an activating group) is 1. The molecule has 0 aliphatic rings. The Bertz CT molecular complexity index is 533. The fourth-order valence-corrected chi connectivity index (χ4v) is 3.90. The zero-order chi connectivity index (χ0) is 14.6. The molecule has 108 valence electrons. The van der Waals surface area contributed by atoms with Gasteiger partial charge in [-0.05, 0) is 55.0 Å². The van der Waals surface area contributed by atoms with Crippen molar-refractivity contribution in [3.63, 3.8) is 0 Å². The van der Waals surface area contributed by atoms with Crippen molar-refractivity contribution in [1.82, 2.24) is 9.62 Å². The van der Waals surface area contributed by atoms with E-state index in [0.29, 0.717) is 23.6 Å². The zero-order valence-electron chi connectivity index (χ0n) is 11.2. The van der Waals surface area contributed by atoms with Crippen LogP contribution in [0.15, 0.2) is 32.0 Å². The molecule has 19 heavy (non-hydrogen) atoms. The van der Waals surface area contributed by atoms with Crippen molar-refractivity contribution in [2.24, 2.45) is 0 Å². The van der Waals surface area contributed by atoms with Crippen LogP contribution < -0.4 is 4.72 Å². The third kappa shape index (κ3) is 5.15. The molecule has 0 bridgehead atoms. The predicted octanol–water partition coefficient (Wildman–Crippen LogP) is 2.83. The van der Waals surface area contributed by atoms with Crippen LogP contribution in [0.3, 0.4) is 0 Å². The van der Waals surface area contributed by atoms with Crippen molar-refractivity contribution >= 4 is 41.9 Å². The van der Waals surface area contributed by atoms with Gasteiger partial charge in [0.1, 0.15) is 0 Å². The van der Waals surface area contributed by atoms with Gasteiger partial charge in [-0.15, -0.1) is 0 Å². The monoisotopic (exact) mass is 412 g/mol. The van der Waals surface area contributed by atoms with Crippen molar-refractivity contribution in [3.8, 4) is 0 Å². The number of hydrogen-bond donors (Lipinski definition) is 1. The zero-order valence-corrected chi connectivity index (χ0v) is 15.1. The lowest BCUT2D eigenvalue weighted by atomic mass is 10.3. The molecule has 0 aromatic heterocycles. The summed E-state index contributed by atoms with van der Waals surface area (Å²) in [5.74, 6) is 0. The number of hydrogen-bond acceptors (Lipinski definition) is 3. The van der Waals surface area contributed by atoms with Crippen molar-refractivity contribution < 1.29 is 8.42 Å². The average Bonchev–Trinajstić information content (AvgIpc) is 2.31. The summed E-state index contributed by atoms with van der Waals surface area (Å²) < 4.78 is 28.2. The molecule has 0 amide bonds. The van der Waals surface area contributed by atoms with Gasteiger partial charge in [-0.1, -0.05) is 15.9 Å². The molecule has 0 unspecified atom stereocenters. The van der Waals surface area contributed by atoms with E-state index in [0.717, 1.165) is 4.47 Å². The van der Waals surface area contributed by atoms with Gasteiger partial charge in [0.2, 0.25) is 10.0 Å². The molecular formula is C12H18Br2N2O2S. The van der Waals surface area contributed by atoms with Crippen LogP contribution in [0.25, 0.3) is 0 Å². The summed E-state index contributed by atoms with van der Waals surface area (Å²) in [6.45, 7) is 5.19. The number of sulfonamides is 1. The van der Waals surface area contributed by atoms with Crippen LogP contribution in [-0.2, 0) is 10.0 Å². The average molecular weight is 414 g/mol. The Kier molecular flexibility index (Phi) is 6.46. The Balaban J connectivity index is 2.74. The number of nitrogens with zero attached hydrogens (tertiary/aromatic N) is 1. The molecular weight excluding hydrogens is 396 g/mol. The third-order valence-corrected chi connectivity index (χ3v) is 5.77. The third-order valence-electron chi connectivity index (χ3n) is 2.82. The summed E-state index contributed by atoms with van der Waals surface area (Å²) in [6.07, 6.45) is 0. The molecule has 0 saturated carbocycles. The van der Waals surface area contributed by atoms with Crippen LogP contribution in [0.4, 0.5) is 0 Å². The van der Waals surface area contributed by atoms with E-state index in [9.17, 15) is 8.42 Å². The van der Waals surface area contributed by atoms with E-state index < -0.39 is 10.0 Å². The van der Waals surface area contributed by atoms with E-state index in [1.165, 1.54) is 0 Å². The maximum Gasteiger partial charge on any atom is 0.241 e. The molecule has 0 heterocycles. The van der Waals surface area contributed by atoms with Gasteiger partial charge in [0, 0.05) is 28.1 Å². The molecule has 4 nitrogen and oxygen atoms in total. The summed E-state index contributed by atoms with van der Waals surface area (Å²) in [4.78, 5) is 2.33. The van der Waals surface area contributed by atoms with Crippen molar-refractivity contribution in [2.45, 2.75) is 24.8 Å². The number of nitrogens with one attached hydrogen (secondary N) is 1. The van der Waals surface area contributed by atoms with E-state index in [1.54, 1.807) is 18.2 Å². The number of halogens is 2. The van der Waals surface area contributed by atoms with E-state index >= 15 is 0 Å². The molecule has 0 saturated heterocycles. The van der Waals surface area contributed by atoms with Gasteiger partial charge in [-0.2, -0.15) is 0 Å². The Hall–Kier alpha value is 0.0500. The Labute approximate surface area is 131 Å². The van der Waals surface area contributed by atoms with Gasteiger partial charge in [0.25, 0.3) is 0 Å². The van der Waals surface area contributed by atoms with Gasteiger partial charge in [-0.25, -0.2) is 13.1 Å². The van der Waals surface area contributed by atoms with Crippen LogP contribution >= 0.6 is 31.9 Å². The highest BCUT2D eigenvalue weighted by Crippen LogP contribution is 2.25. The molecule has 0 fully saturated rings. The lowest BCUT2D eigenvalue weighted by Gasteiger charge is -2.21. The van der Waals surface area contributed by atoms with Crippen molar-refractivity contribution in [2.75, 3.05) is 20.1 Å². The fraction of sp³-hybridized carbons (Fsp3) is 0.500. The van der Waals surface area contributed by atoms with E-state index in [2.05, 4.69) is 55.3 Å². The Morgan fingerprint density at radius 2 is 1.95 bits per heavy atom. The highest BCUT2D eigenvalue weighted by atomic mass is 79.9. The first-order chi connectivity index (χ1) is 8.74. The lowest BCUT2D eigenvalue weighted by Crippen LogP contribution is -2.36. The Morgan fingerprint density at radius 1 is 1.32 bits per heavy atom. The van der Waals surface area contributed by atoms with E-state index in [4.69, 9.17) is 0 Å². The number of benzene rings is 1. The molecule has 1 aromatic carbocycles. The summed E-state index contributed by atoms with van der Waals surface area (Å²) in [5.41, 5.74) is 0. The largest absolute Gasteiger partial charge is 0.303 e. The molecule has 1 N–H and O–H groups in total. The minimum absolute atomic E-state index is 0.245. The minimum Gasteiger partial charge on any atom is -0.303 e. The summed E-state index contributed by atoms with van der Waals surface area (Å²) >= 11 is 6.54. The van der Waals surface area contributed by atoms with Crippen LogP contribution in [0.1, 0.15) is 13.8 Å². The molecule has 0 aliphatic carbocycles. The van der Waals surface area contributed by atoms with Crippen LogP contribution in [0.2, 0.25) is 0 Å². The molecule has 7 heteroatoms. The van der Waals surface area contributed by atoms with Crippen molar-refractivity contribution in [3.05, 3.63) is 27.1 Å². The smallest absolute Gasteiger partial charge is 0.241 e.